The Morgan fingerprint density at radius 3 is 2.05 bits per heavy atom. The molecule has 0 aromatic heterocycles. The van der Waals surface area contributed by atoms with Crippen LogP contribution in [0.15, 0.2) is 60.7 Å². The average Bonchev–Trinajstić information content (AvgIpc) is 2.57. The molecule has 0 amide bonds. The third-order valence-corrected chi connectivity index (χ3v) is 4.88. The number of Topliss-reactive ketones (excluding diaryl/α,β-unsaturated/α-hetero) is 1. The van der Waals surface area contributed by atoms with Gasteiger partial charge in [0.1, 0.15) is 5.78 Å². The van der Waals surface area contributed by atoms with Crippen LogP contribution in [-0.4, -0.2) is 17.7 Å². The average molecular weight is 293 g/mol. The van der Waals surface area contributed by atoms with Crippen molar-refractivity contribution in [3.8, 4) is 0 Å². The molecule has 2 heteroatoms. The number of likely N-dealkylation sites (tertiary alicyclic amines) is 1. The fraction of sp³-hybridized carbons (Fsp3) is 0.350. The van der Waals surface area contributed by atoms with Crippen LogP contribution in [0.25, 0.3) is 0 Å². The minimum Gasteiger partial charge on any atom is -0.299 e. The number of benzene rings is 2. The number of hydrogen-bond acceptors (Lipinski definition) is 2. The molecular formula is C20H23NO. The normalized spacial score (nSPS) is 26.1. The Bertz CT molecular complexity index is 623. The number of ketones is 1. The molecule has 1 saturated heterocycles. The van der Waals surface area contributed by atoms with Crippen LogP contribution in [0.4, 0.5) is 0 Å². The van der Waals surface area contributed by atoms with E-state index in [0.29, 0.717) is 12.2 Å². The predicted molar refractivity (Wildman–Crippen MR) is 89.5 cm³/mol. The molecule has 114 valence electrons. The first-order valence-electron chi connectivity index (χ1n) is 8.07. The number of piperidine rings is 1. The number of carbonyl (C=O) groups is 1. The molecule has 2 aromatic carbocycles. The molecule has 1 aliphatic heterocycles. The summed E-state index contributed by atoms with van der Waals surface area (Å²) >= 11 is 0. The van der Waals surface area contributed by atoms with Gasteiger partial charge in [-0.05, 0) is 24.6 Å². The second-order valence-electron chi connectivity index (χ2n) is 6.13. The van der Waals surface area contributed by atoms with E-state index in [9.17, 15) is 4.79 Å². The van der Waals surface area contributed by atoms with Crippen molar-refractivity contribution < 1.29 is 4.79 Å². The Kier molecular flexibility index (Phi) is 4.39. The van der Waals surface area contributed by atoms with Crippen molar-refractivity contribution in [1.29, 1.82) is 0 Å². The largest absolute Gasteiger partial charge is 0.299 e. The van der Waals surface area contributed by atoms with Crippen molar-refractivity contribution in [3.05, 3.63) is 71.8 Å². The predicted octanol–water partition coefficient (Wildman–Crippen LogP) is 4.40. The van der Waals surface area contributed by atoms with Crippen molar-refractivity contribution in [1.82, 2.24) is 4.90 Å². The molecule has 2 nitrogen and oxygen atoms in total. The van der Waals surface area contributed by atoms with E-state index in [-0.39, 0.29) is 18.0 Å². The molecule has 0 saturated carbocycles. The van der Waals surface area contributed by atoms with Crippen LogP contribution in [0.2, 0.25) is 0 Å². The Hall–Kier alpha value is -1.93. The summed E-state index contributed by atoms with van der Waals surface area (Å²) in [6.07, 6.45) is 1.51. The number of rotatable bonds is 3. The Balaban J connectivity index is 1.99. The van der Waals surface area contributed by atoms with E-state index < -0.39 is 0 Å². The van der Waals surface area contributed by atoms with E-state index in [2.05, 4.69) is 67.4 Å². The van der Waals surface area contributed by atoms with Crippen molar-refractivity contribution in [2.75, 3.05) is 7.05 Å². The monoisotopic (exact) mass is 293 g/mol. The van der Waals surface area contributed by atoms with Gasteiger partial charge >= 0.3 is 0 Å². The fourth-order valence-electron chi connectivity index (χ4n) is 3.74. The maximum atomic E-state index is 12.7. The molecule has 0 spiro atoms. The van der Waals surface area contributed by atoms with Crippen molar-refractivity contribution in [2.45, 2.75) is 31.8 Å². The summed E-state index contributed by atoms with van der Waals surface area (Å²) in [4.78, 5) is 15.1. The van der Waals surface area contributed by atoms with E-state index in [0.717, 1.165) is 6.42 Å². The van der Waals surface area contributed by atoms with Crippen LogP contribution >= 0.6 is 0 Å². The van der Waals surface area contributed by atoms with Crippen LogP contribution in [0.5, 0.6) is 0 Å². The smallest absolute Gasteiger partial charge is 0.139 e. The third kappa shape index (κ3) is 2.71. The number of carbonyl (C=O) groups excluding carboxylic acids is 1. The number of nitrogens with zero attached hydrogens (tertiary/aromatic N) is 1. The van der Waals surface area contributed by atoms with Gasteiger partial charge in [-0.2, -0.15) is 0 Å². The second kappa shape index (κ2) is 6.45. The minimum atomic E-state index is 0.0902. The first-order chi connectivity index (χ1) is 10.7. The zero-order chi connectivity index (χ0) is 15.5. The molecule has 0 N–H and O–H groups in total. The zero-order valence-electron chi connectivity index (χ0n) is 13.3. The first kappa shape index (κ1) is 15.0. The summed E-state index contributed by atoms with van der Waals surface area (Å²) in [6.45, 7) is 2.12. The van der Waals surface area contributed by atoms with Gasteiger partial charge in [0.05, 0.1) is 0 Å². The van der Waals surface area contributed by atoms with Crippen LogP contribution in [0, 0.1) is 5.92 Å². The number of hydrogen-bond donors (Lipinski definition) is 0. The highest BCUT2D eigenvalue weighted by molar-refractivity contribution is 5.83. The molecule has 3 rings (SSSR count). The van der Waals surface area contributed by atoms with Gasteiger partial charge in [-0.15, -0.1) is 0 Å². The summed E-state index contributed by atoms with van der Waals surface area (Å²) in [5.41, 5.74) is 2.47. The zero-order valence-corrected chi connectivity index (χ0v) is 13.3. The van der Waals surface area contributed by atoms with Crippen molar-refractivity contribution >= 4 is 5.78 Å². The Labute approximate surface area is 132 Å². The summed E-state index contributed by atoms with van der Waals surface area (Å²) in [7, 11) is 2.16. The van der Waals surface area contributed by atoms with Gasteiger partial charge in [0.2, 0.25) is 0 Å². The summed E-state index contributed by atoms with van der Waals surface area (Å²) < 4.78 is 0. The van der Waals surface area contributed by atoms with Crippen molar-refractivity contribution in [3.63, 3.8) is 0 Å². The van der Waals surface area contributed by atoms with E-state index in [1.165, 1.54) is 11.1 Å². The lowest BCUT2D eigenvalue weighted by molar-refractivity contribution is -0.131. The van der Waals surface area contributed by atoms with Gasteiger partial charge < -0.3 is 0 Å². The third-order valence-electron chi connectivity index (χ3n) is 4.88. The van der Waals surface area contributed by atoms with Gasteiger partial charge in [0, 0.05) is 24.4 Å². The fourth-order valence-corrected chi connectivity index (χ4v) is 3.74. The molecule has 1 aliphatic rings. The highest BCUT2D eigenvalue weighted by Crippen LogP contribution is 2.43. The summed E-state index contributed by atoms with van der Waals surface area (Å²) in [5.74, 6) is 0.482. The molecule has 2 aromatic rings. The Morgan fingerprint density at radius 1 is 0.955 bits per heavy atom. The van der Waals surface area contributed by atoms with Crippen LogP contribution in [0.1, 0.15) is 43.0 Å². The van der Waals surface area contributed by atoms with Gasteiger partial charge in [0.15, 0.2) is 0 Å². The molecule has 1 fully saturated rings. The SMILES string of the molecule is CCC1C(=O)CC(c2ccccc2)N(C)C1c1ccccc1. The van der Waals surface area contributed by atoms with Gasteiger partial charge in [-0.3, -0.25) is 9.69 Å². The van der Waals surface area contributed by atoms with Crippen LogP contribution < -0.4 is 0 Å². The van der Waals surface area contributed by atoms with E-state index in [1.54, 1.807) is 0 Å². The quantitative estimate of drug-likeness (QED) is 0.836. The lowest BCUT2D eigenvalue weighted by atomic mass is 9.78. The summed E-state index contributed by atoms with van der Waals surface area (Å²) in [5, 5.41) is 0. The highest BCUT2D eigenvalue weighted by atomic mass is 16.1. The maximum Gasteiger partial charge on any atom is 0.139 e. The Morgan fingerprint density at radius 2 is 1.50 bits per heavy atom. The molecule has 3 atom stereocenters. The molecule has 1 heterocycles. The molecule has 0 bridgehead atoms. The second-order valence-corrected chi connectivity index (χ2v) is 6.13. The van der Waals surface area contributed by atoms with Crippen molar-refractivity contribution in [2.24, 2.45) is 5.92 Å². The minimum absolute atomic E-state index is 0.0902. The lowest BCUT2D eigenvalue weighted by Crippen LogP contribution is -2.43. The summed E-state index contributed by atoms with van der Waals surface area (Å²) in [6, 6.07) is 21.2. The molecule has 0 radical (unpaired) electrons. The molecular weight excluding hydrogens is 270 g/mol. The molecule has 22 heavy (non-hydrogen) atoms. The first-order valence-corrected chi connectivity index (χ1v) is 8.07. The van der Waals surface area contributed by atoms with E-state index in [4.69, 9.17) is 0 Å². The van der Waals surface area contributed by atoms with Gasteiger partial charge in [0.25, 0.3) is 0 Å². The van der Waals surface area contributed by atoms with Crippen LogP contribution in [-0.2, 0) is 4.79 Å². The van der Waals surface area contributed by atoms with E-state index in [1.807, 2.05) is 12.1 Å². The lowest BCUT2D eigenvalue weighted by Gasteiger charge is -2.44. The highest BCUT2D eigenvalue weighted by Gasteiger charge is 2.40. The van der Waals surface area contributed by atoms with Crippen LogP contribution in [0.3, 0.4) is 0 Å². The topological polar surface area (TPSA) is 20.3 Å². The van der Waals surface area contributed by atoms with E-state index >= 15 is 0 Å². The maximum absolute atomic E-state index is 12.7. The van der Waals surface area contributed by atoms with Gasteiger partial charge in [-0.25, -0.2) is 0 Å². The standard InChI is InChI=1S/C20H23NO/c1-3-17-19(22)14-18(15-10-6-4-7-11-15)21(2)20(17)16-12-8-5-9-13-16/h4-13,17-18,20H,3,14H2,1-2H3. The molecule has 3 unspecified atom stereocenters. The molecule has 0 aliphatic carbocycles. The van der Waals surface area contributed by atoms with Gasteiger partial charge in [-0.1, -0.05) is 67.6 Å².